The number of nitrogens with two attached hydrogens (primary N) is 2. The van der Waals surface area contributed by atoms with Crippen LogP contribution in [0.15, 0.2) is 52.8 Å². The highest BCUT2D eigenvalue weighted by molar-refractivity contribution is 6.31. The van der Waals surface area contributed by atoms with E-state index in [9.17, 15) is 49.5 Å². The Morgan fingerprint density at radius 1 is 1.12 bits per heavy atom. The number of rotatable bonds is 15. The van der Waals surface area contributed by atoms with Gasteiger partial charge in [0.2, 0.25) is 12.1 Å². The molecule has 3 aliphatic heterocycles. The zero-order chi connectivity index (χ0) is 43.6. The summed E-state index contributed by atoms with van der Waals surface area (Å²) >= 11 is 0. The van der Waals surface area contributed by atoms with Crippen LogP contribution in [0.1, 0.15) is 68.3 Å². The van der Waals surface area contributed by atoms with Crippen LogP contribution in [0.25, 0.3) is 0 Å². The summed E-state index contributed by atoms with van der Waals surface area (Å²) in [5.41, 5.74) is 9.85. The van der Waals surface area contributed by atoms with E-state index < -0.39 is 78.3 Å². The van der Waals surface area contributed by atoms with E-state index in [1.54, 1.807) is 13.0 Å². The molecule has 19 heteroatoms. The number of dihydropyridines is 1. The van der Waals surface area contributed by atoms with Gasteiger partial charge >= 0.3 is 0 Å². The summed E-state index contributed by atoms with van der Waals surface area (Å²) < 4.78 is 17.7. The van der Waals surface area contributed by atoms with E-state index in [1.165, 1.54) is 32.4 Å². The number of phenols is 1. The number of ketones is 2. The third-order valence-electron chi connectivity index (χ3n) is 11.3. The molecule has 2 amide bonds. The maximum absolute atomic E-state index is 14.7. The highest BCUT2D eigenvalue weighted by Crippen LogP contribution is 2.46. The molecule has 19 nitrogen and oxygen atoms in total. The van der Waals surface area contributed by atoms with Gasteiger partial charge in [0.05, 0.1) is 30.7 Å². The van der Waals surface area contributed by atoms with Crippen LogP contribution in [0.4, 0.5) is 0 Å². The first-order chi connectivity index (χ1) is 28.6. The second-order valence-corrected chi connectivity index (χ2v) is 14.7. The third kappa shape index (κ3) is 7.84. The highest BCUT2D eigenvalue weighted by atomic mass is 16.7. The van der Waals surface area contributed by atoms with Crippen LogP contribution in [0.3, 0.4) is 0 Å². The molecule has 1 saturated heterocycles. The summed E-state index contributed by atoms with van der Waals surface area (Å²) in [6.45, 7) is 0.680. The van der Waals surface area contributed by atoms with Gasteiger partial charge in [-0.1, -0.05) is 13.0 Å². The fourth-order valence-corrected chi connectivity index (χ4v) is 8.15. The number of hydrogen-bond donors (Lipinski definition) is 9. The molecule has 60 heavy (non-hydrogen) atoms. The largest absolute Gasteiger partial charge is 0.507 e. The number of aryl methyl sites for hydroxylation is 1. The molecule has 1 fully saturated rings. The Morgan fingerprint density at radius 2 is 1.83 bits per heavy atom. The molecule has 0 aromatic heterocycles. The minimum atomic E-state index is -2.44. The number of hydrogen-bond acceptors (Lipinski definition) is 16. The second kappa shape index (κ2) is 17.6. The van der Waals surface area contributed by atoms with Gasteiger partial charge in [-0.2, -0.15) is 0 Å². The zero-order valence-electron chi connectivity index (χ0n) is 33.1. The number of fused-ring (bicyclic) bond motifs is 2. The number of carbonyl (C=O) groups excluding carboxylic acids is 5. The second-order valence-electron chi connectivity index (χ2n) is 14.7. The average Bonchev–Trinajstić information content (AvgIpc) is 3.55. The van der Waals surface area contributed by atoms with Crippen LogP contribution < -0.4 is 31.6 Å². The number of imide groups is 1. The number of aromatic hydroxyl groups is 1. The average molecular weight is 833 g/mol. The number of ether oxygens (including phenoxy) is 3. The lowest BCUT2D eigenvalue weighted by atomic mass is 9.75. The SMILES string of the molecule is CCc1c(OC)cc(OC2OC(CO)C(O)(CC(CN3C(=O)C=CC3=O)C3=CCNC(N)=C3)C(O)C2O)c2c1C(=O)c1cc(CCC=O)c(CNC(N)=NC)c(O)c1C2=O. The number of nitrogens with one attached hydrogen (secondary N) is 2. The van der Waals surface area contributed by atoms with Crippen molar-refractivity contribution < 1.29 is 63.7 Å². The van der Waals surface area contributed by atoms with E-state index in [4.69, 9.17) is 25.7 Å². The van der Waals surface area contributed by atoms with Crippen molar-refractivity contribution in [3.63, 3.8) is 0 Å². The lowest BCUT2D eigenvalue weighted by molar-refractivity contribution is -0.316. The lowest BCUT2D eigenvalue weighted by Crippen LogP contribution is -2.68. The van der Waals surface area contributed by atoms with Gasteiger partial charge < -0.3 is 66.6 Å². The molecule has 0 radical (unpaired) electrons. The van der Waals surface area contributed by atoms with Gasteiger partial charge in [-0.05, 0) is 42.5 Å². The molecule has 2 aromatic rings. The molecule has 6 rings (SSSR count). The Morgan fingerprint density at radius 3 is 2.45 bits per heavy atom. The van der Waals surface area contributed by atoms with Crippen molar-refractivity contribution in [3.05, 3.63) is 86.8 Å². The number of aldehydes is 1. The molecule has 0 saturated carbocycles. The fraction of sp³-hybridized carbons (Fsp3) is 0.415. The van der Waals surface area contributed by atoms with Crippen LogP contribution >= 0.6 is 0 Å². The highest BCUT2D eigenvalue weighted by Gasteiger charge is 2.57. The summed E-state index contributed by atoms with van der Waals surface area (Å²) in [4.78, 5) is 70.5. The summed E-state index contributed by atoms with van der Waals surface area (Å²) in [5, 5.41) is 63.5. The van der Waals surface area contributed by atoms with Crippen LogP contribution in [-0.2, 0) is 38.5 Å². The molecule has 6 atom stereocenters. The predicted octanol–water partition coefficient (Wildman–Crippen LogP) is -1.29. The molecular formula is C41H48N6O13. The van der Waals surface area contributed by atoms with Crippen LogP contribution in [-0.4, -0.2) is 130 Å². The number of aliphatic imine (C=N–C) groups is 1. The summed E-state index contributed by atoms with van der Waals surface area (Å²) in [5.74, 6) is -4.14. The van der Waals surface area contributed by atoms with Crippen LogP contribution in [0, 0.1) is 5.92 Å². The Labute approximate surface area is 344 Å². The molecular weight excluding hydrogens is 784 g/mol. The van der Waals surface area contributed by atoms with Crippen LogP contribution in [0.5, 0.6) is 17.2 Å². The van der Waals surface area contributed by atoms with Gasteiger partial charge in [0.1, 0.15) is 47.4 Å². The van der Waals surface area contributed by atoms with Gasteiger partial charge in [-0.25, -0.2) is 0 Å². The molecule has 3 heterocycles. The van der Waals surface area contributed by atoms with E-state index >= 15 is 0 Å². The van der Waals surface area contributed by atoms with Crippen molar-refractivity contribution in [2.24, 2.45) is 22.4 Å². The van der Waals surface area contributed by atoms with E-state index in [0.717, 1.165) is 17.1 Å². The Kier molecular flexibility index (Phi) is 12.8. The van der Waals surface area contributed by atoms with E-state index in [1.807, 2.05) is 0 Å². The van der Waals surface area contributed by atoms with Gasteiger partial charge in [-0.15, -0.1) is 0 Å². The van der Waals surface area contributed by atoms with E-state index in [2.05, 4.69) is 15.6 Å². The molecule has 11 N–H and O–H groups in total. The number of aliphatic hydroxyl groups is 4. The lowest BCUT2D eigenvalue weighted by Gasteiger charge is -2.49. The number of aliphatic hydroxyl groups excluding tert-OH is 3. The fourth-order valence-electron chi connectivity index (χ4n) is 8.15. The molecule has 4 aliphatic rings. The number of allylic oxidation sites excluding steroid dienone is 1. The van der Waals surface area contributed by atoms with Gasteiger partial charge in [-0.3, -0.25) is 29.1 Å². The van der Waals surface area contributed by atoms with Crippen molar-refractivity contribution in [2.75, 3.05) is 33.9 Å². The number of amides is 2. The van der Waals surface area contributed by atoms with E-state index in [0.29, 0.717) is 23.0 Å². The number of guanidine groups is 1. The zero-order valence-corrected chi connectivity index (χ0v) is 33.1. The Bertz CT molecular complexity index is 2210. The molecule has 320 valence electrons. The maximum Gasteiger partial charge on any atom is 0.253 e. The van der Waals surface area contributed by atoms with Gasteiger partial charge in [0, 0.05) is 79.5 Å². The number of phenolic OH excluding ortho intramolecular Hbond substituents is 1. The number of carbonyl (C=O) groups is 5. The number of methoxy groups -OCH3 is 1. The van der Waals surface area contributed by atoms with Crippen LogP contribution in [0.2, 0.25) is 0 Å². The minimum Gasteiger partial charge on any atom is -0.507 e. The van der Waals surface area contributed by atoms with E-state index in [-0.39, 0.29) is 90.0 Å². The summed E-state index contributed by atoms with van der Waals surface area (Å²) in [6.07, 6.45) is -1.75. The van der Waals surface area contributed by atoms with Crippen molar-refractivity contribution in [3.8, 4) is 17.2 Å². The normalized spacial score (nSPS) is 24.3. The molecule has 2 aromatic carbocycles. The first kappa shape index (κ1) is 43.5. The monoisotopic (exact) mass is 832 g/mol. The summed E-state index contributed by atoms with van der Waals surface area (Å²) in [7, 11) is 2.77. The minimum absolute atomic E-state index is 0.0207. The van der Waals surface area contributed by atoms with Crippen molar-refractivity contribution in [1.82, 2.24) is 15.5 Å². The molecule has 0 spiro atoms. The number of benzene rings is 2. The van der Waals surface area contributed by atoms with Crippen molar-refractivity contribution >= 4 is 35.6 Å². The van der Waals surface area contributed by atoms with Crippen molar-refractivity contribution in [1.29, 1.82) is 0 Å². The first-order valence-corrected chi connectivity index (χ1v) is 19.2. The Balaban J connectivity index is 1.38. The molecule has 1 aliphatic carbocycles. The Hall–Kier alpha value is -6.12. The standard InChI is InChI=1S/C41H48N6O13/c1-4-22-25(58-3)14-26(33-31(22)34(52)23-12-20(6-5-11-48)24(16-46-40(43)44-2)35(53)32(23)36(33)54)59-39-37(55)38(56)41(57,27(18-49)60-39)15-21(19-9-10-45-28(42)13-19)17-47-29(50)7-8-30(47)51/h7-9,11-14,21,27,37-39,45,49,53,55-57H,4-6,10,15-18,42H2,1-3H3,(H3,43,44,46). The third-order valence-corrected chi connectivity index (χ3v) is 11.3. The summed E-state index contributed by atoms with van der Waals surface area (Å²) in [6, 6.07) is 2.73. The van der Waals surface area contributed by atoms with Gasteiger partial charge in [0.25, 0.3) is 11.8 Å². The molecule has 0 bridgehead atoms. The van der Waals surface area contributed by atoms with Crippen molar-refractivity contribution in [2.45, 2.75) is 69.4 Å². The first-order valence-electron chi connectivity index (χ1n) is 19.2. The quantitative estimate of drug-likeness (QED) is 0.0373. The topological polar surface area (TPSA) is 306 Å². The predicted molar refractivity (Wildman–Crippen MR) is 212 cm³/mol. The number of nitrogens with zero attached hydrogens (tertiary/aromatic N) is 2. The van der Waals surface area contributed by atoms with Gasteiger partial charge in [0.15, 0.2) is 11.7 Å². The smallest absolute Gasteiger partial charge is 0.253 e. The maximum atomic E-state index is 14.7. The molecule has 6 unspecified atom stereocenters.